The molecule has 19 heavy (non-hydrogen) atoms. The second kappa shape index (κ2) is 6.62. The largest absolute Gasteiger partial charge is 0.492 e. The number of anilines is 1. The minimum Gasteiger partial charge on any atom is -0.492 e. The Labute approximate surface area is 122 Å². The van der Waals surface area contributed by atoms with Crippen LogP contribution in [0.5, 0.6) is 5.75 Å². The van der Waals surface area contributed by atoms with Gasteiger partial charge < -0.3 is 10.1 Å². The lowest BCUT2D eigenvalue weighted by molar-refractivity contribution is 0.332. The molecule has 0 atom stereocenters. The van der Waals surface area contributed by atoms with Gasteiger partial charge in [-0.2, -0.15) is 0 Å². The van der Waals surface area contributed by atoms with Gasteiger partial charge in [0.2, 0.25) is 0 Å². The van der Waals surface area contributed by atoms with E-state index in [0.717, 1.165) is 16.8 Å². The lowest BCUT2D eigenvalue weighted by Crippen LogP contribution is -2.12. The number of halogens is 1. The van der Waals surface area contributed by atoms with Gasteiger partial charge in [-0.1, -0.05) is 39.7 Å². The van der Waals surface area contributed by atoms with Gasteiger partial charge >= 0.3 is 0 Å². The molecule has 0 saturated carbocycles. The molecule has 0 radical (unpaired) electrons. The fourth-order valence-electron chi connectivity index (χ4n) is 1.92. The normalized spacial score (nSPS) is 10.3. The van der Waals surface area contributed by atoms with Crippen LogP contribution in [0.1, 0.15) is 11.1 Å². The molecule has 3 heteroatoms. The van der Waals surface area contributed by atoms with Crippen LogP contribution in [0.25, 0.3) is 0 Å². The highest BCUT2D eigenvalue weighted by molar-refractivity contribution is 9.10. The zero-order chi connectivity index (χ0) is 13.7. The summed E-state index contributed by atoms with van der Waals surface area (Å²) in [5.74, 6) is 0.886. The van der Waals surface area contributed by atoms with E-state index in [9.17, 15) is 0 Å². The Morgan fingerprint density at radius 2 is 1.95 bits per heavy atom. The molecule has 0 heterocycles. The van der Waals surface area contributed by atoms with Gasteiger partial charge in [0.15, 0.2) is 0 Å². The van der Waals surface area contributed by atoms with E-state index in [1.807, 2.05) is 24.3 Å². The molecule has 0 spiro atoms. The van der Waals surface area contributed by atoms with E-state index in [0.29, 0.717) is 6.61 Å². The van der Waals surface area contributed by atoms with Gasteiger partial charge in [0.25, 0.3) is 0 Å². The number of hydrogen-bond donors (Lipinski definition) is 1. The van der Waals surface area contributed by atoms with Gasteiger partial charge in [-0.25, -0.2) is 0 Å². The highest BCUT2D eigenvalue weighted by Gasteiger charge is 1.98. The van der Waals surface area contributed by atoms with E-state index in [-0.39, 0.29) is 0 Å². The van der Waals surface area contributed by atoms with Crippen LogP contribution < -0.4 is 10.1 Å². The maximum absolute atomic E-state index is 5.68. The predicted molar refractivity (Wildman–Crippen MR) is 84.0 cm³/mol. The maximum atomic E-state index is 5.68. The summed E-state index contributed by atoms with van der Waals surface area (Å²) in [6.07, 6.45) is 0. The standard InChI is InChI=1S/C16H18BrNO/c1-12-6-7-16(13(2)10-12)18-8-9-19-15-5-3-4-14(17)11-15/h3-7,10-11,18H,8-9H2,1-2H3. The summed E-state index contributed by atoms with van der Waals surface area (Å²) in [7, 11) is 0. The van der Waals surface area contributed by atoms with Crippen LogP contribution in [0, 0.1) is 13.8 Å². The Balaban J connectivity index is 1.81. The third-order valence-corrected chi connectivity index (χ3v) is 3.36. The highest BCUT2D eigenvalue weighted by atomic mass is 79.9. The summed E-state index contributed by atoms with van der Waals surface area (Å²) in [5, 5.41) is 3.39. The van der Waals surface area contributed by atoms with Crippen molar-refractivity contribution in [2.24, 2.45) is 0 Å². The van der Waals surface area contributed by atoms with Crippen molar-refractivity contribution in [1.29, 1.82) is 0 Å². The first-order valence-electron chi connectivity index (χ1n) is 6.34. The lowest BCUT2D eigenvalue weighted by Gasteiger charge is -2.11. The van der Waals surface area contributed by atoms with E-state index in [1.165, 1.54) is 16.8 Å². The van der Waals surface area contributed by atoms with Gasteiger partial charge in [0.1, 0.15) is 12.4 Å². The third kappa shape index (κ3) is 4.28. The molecule has 0 saturated heterocycles. The van der Waals surface area contributed by atoms with Crippen molar-refractivity contribution in [3.05, 3.63) is 58.1 Å². The number of hydrogen-bond acceptors (Lipinski definition) is 2. The topological polar surface area (TPSA) is 21.3 Å². The maximum Gasteiger partial charge on any atom is 0.120 e. The number of ether oxygens (including phenoxy) is 1. The summed E-state index contributed by atoms with van der Waals surface area (Å²) in [4.78, 5) is 0. The number of benzene rings is 2. The zero-order valence-electron chi connectivity index (χ0n) is 11.2. The monoisotopic (exact) mass is 319 g/mol. The van der Waals surface area contributed by atoms with Crippen LogP contribution in [-0.2, 0) is 0 Å². The fourth-order valence-corrected chi connectivity index (χ4v) is 2.30. The number of rotatable bonds is 5. The van der Waals surface area contributed by atoms with Crippen LogP contribution in [0.2, 0.25) is 0 Å². The molecule has 0 aliphatic carbocycles. The Morgan fingerprint density at radius 3 is 2.68 bits per heavy atom. The first-order chi connectivity index (χ1) is 9.15. The second-order valence-corrected chi connectivity index (χ2v) is 5.47. The van der Waals surface area contributed by atoms with Gasteiger partial charge in [0.05, 0.1) is 0 Å². The van der Waals surface area contributed by atoms with Gasteiger partial charge in [0, 0.05) is 16.7 Å². The van der Waals surface area contributed by atoms with Gasteiger partial charge in [-0.15, -0.1) is 0 Å². The van der Waals surface area contributed by atoms with E-state index in [2.05, 4.69) is 53.3 Å². The van der Waals surface area contributed by atoms with Crippen LogP contribution in [0.3, 0.4) is 0 Å². The molecule has 0 bridgehead atoms. The Hall–Kier alpha value is -1.48. The van der Waals surface area contributed by atoms with Crippen LogP contribution >= 0.6 is 15.9 Å². The van der Waals surface area contributed by atoms with E-state index in [1.54, 1.807) is 0 Å². The van der Waals surface area contributed by atoms with E-state index >= 15 is 0 Å². The Bertz CT molecular complexity index is 554. The first-order valence-corrected chi connectivity index (χ1v) is 7.14. The molecule has 0 unspecified atom stereocenters. The third-order valence-electron chi connectivity index (χ3n) is 2.86. The minimum absolute atomic E-state index is 0.643. The molecule has 100 valence electrons. The average Bonchev–Trinajstić information content (AvgIpc) is 2.37. The smallest absolute Gasteiger partial charge is 0.120 e. The molecule has 2 nitrogen and oxygen atoms in total. The van der Waals surface area contributed by atoms with Crippen LogP contribution in [0.15, 0.2) is 46.9 Å². The van der Waals surface area contributed by atoms with Gasteiger partial charge in [-0.3, -0.25) is 0 Å². The fraction of sp³-hybridized carbons (Fsp3) is 0.250. The number of nitrogens with one attached hydrogen (secondary N) is 1. The molecular formula is C16H18BrNO. The van der Waals surface area contributed by atoms with E-state index in [4.69, 9.17) is 4.74 Å². The SMILES string of the molecule is Cc1ccc(NCCOc2cccc(Br)c2)c(C)c1. The summed E-state index contributed by atoms with van der Waals surface area (Å²) in [6.45, 7) is 5.65. The van der Waals surface area contributed by atoms with Crippen molar-refractivity contribution in [3.63, 3.8) is 0 Å². The summed E-state index contributed by atoms with van der Waals surface area (Å²) >= 11 is 3.43. The molecule has 0 aromatic heterocycles. The zero-order valence-corrected chi connectivity index (χ0v) is 12.8. The second-order valence-electron chi connectivity index (χ2n) is 4.55. The number of aryl methyl sites for hydroxylation is 2. The lowest BCUT2D eigenvalue weighted by atomic mass is 10.1. The van der Waals surface area contributed by atoms with Crippen molar-refractivity contribution >= 4 is 21.6 Å². The van der Waals surface area contributed by atoms with Crippen molar-refractivity contribution in [1.82, 2.24) is 0 Å². The summed E-state index contributed by atoms with van der Waals surface area (Å²) in [6, 6.07) is 14.3. The molecule has 0 aliphatic rings. The molecule has 2 aromatic carbocycles. The van der Waals surface area contributed by atoms with E-state index < -0.39 is 0 Å². The molecular weight excluding hydrogens is 302 g/mol. The summed E-state index contributed by atoms with van der Waals surface area (Å²) in [5.41, 5.74) is 3.72. The van der Waals surface area contributed by atoms with Crippen molar-refractivity contribution < 1.29 is 4.74 Å². The highest BCUT2D eigenvalue weighted by Crippen LogP contribution is 2.18. The molecule has 1 N–H and O–H groups in total. The quantitative estimate of drug-likeness (QED) is 0.816. The van der Waals surface area contributed by atoms with Crippen LogP contribution in [-0.4, -0.2) is 13.2 Å². The van der Waals surface area contributed by atoms with Crippen molar-refractivity contribution in [2.75, 3.05) is 18.5 Å². The minimum atomic E-state index is 0.643. The molecule has 0 fully saturated rings. The average molecular weight is 320 g/mol. The van der Waals surface area contributed by atoms with Gasteiger partial charge in [-0.05, 0) is 43.7 Å². The first kappa shape index (κ1) is 13.9. The van der Waals surface area contributed by atoms with Crippen molar-refractivity contribution in [3.8, 4) is 5.75 Å². The van der Waals surface area contributed by atoms with Crippen molar-refractivity contribution in [2.45, 2.75) is 13.8 Å². The molecule has 2 aromatic rings. The molecule has 2 rings (SSSR count). The summed E-state index contributed by atoms with van der Waals surface area (Å²) < 4.78 is 6.71. The Kier molecular flexibility index (Phi) is 4.86. The molecule has 0 aliphatic heterocycles. The Morgan fingerprint density at radius 1 is 1.11 bits per heavy atom. The van der Waals surface area contributed by atoms with Crippen LogP contribution in [0.4, 0.5) is 5.69 Å². The molecule has 0 amide bonds. The predicted octanol–water partition coefficient (Wildman–Crippen LogP) is 4.56.